The number of para-hydroxylation sites is 1. The SMILES string of the molecule is C=CC/C=C(\C=C/C)C(/C)=N/Nc1ccccc1. The Bertz CT molecular complexity index is 453. The van der Waals surface area contributed by atoms with Crippen molar-refractivity contribution in [3.8, 4) is 0 Å². The Morgan fingerprint density at radius 2 is 2.06 bits per heavy atom. The minimum Gasteiger partial charge on any atom is -0.278 e. The molecule has 0 spiro atoms. The van der Waals surface area contributed by atoms with Gasteiger partial charge in [0, 0.05) is 0 Å². The second-order valence-electron chi connectivity index (χ2n) is 3.86. The Kier molecular flexibility index (Phi) is 6.26. The smallest absolute Gasteiger partial charge is 0.0645 e. The highest BCUT2D eigenvalue weighted by Crippen LogP contribution is 2.07. The Hall–Kier alpha value is -2.09. The zero-order valence-corrected chi connectivity index (χ0v) is 11.1. The van der Waals surface area contributed by atoms with Gasteiger partial charge < -0.3 is 0 Å². The van der Waals surface area contributed by atoms with Crippen LogP contribution in [0.1, 0.15) is 20.3 Å². The summed E-state index contributed by atoms with van der Waals surface area (Å²) in [5.41, 5.74) is 6.10. The molecular formula is C16H20N2. The molecule has 1 aromatic carbocycles. The summed E-state index contributed by atoms with van der Waals surface area (Å²) in [5.74, 6) is 0. The maximum absolute atomic E-state index is 4.38. The molecule has 2 nitrogen and oxygen atoms in total. The van der Waals surface area contributed by atoms with E-state index >= 15 is 0 Å². The van der Waals surface area contributed by atoms with Crippen LogP contribution in [0.3, 0.4) is 0 Å². The first-order valence-electron chi connectivity index (χ1n) is 6.07. The Morgan fingerprint density at radius 1 is 1.33 bits per heavy atom. The molecule has 1 rings (SSSR count). The molecule has 0 fully saturated rings. The van der Waals surface area contributed by atoms with Crippen LogP contribution in [-0.2, 0) is 0 Å². The van der Waals surface area contributed by atoms with Gasteiger partial charge in [0.2, 0.25) is 0 Å². The van der Waals surface area contributed by atoms with Crippen molar-refractivity contribution < 1.29 is 0 Å². The molecule has 0 heterocycles. The van der Waals surface area contributed by atoms with Gasteiger partial charge in [0.05, 0.1) is 11.4 Å². The van der Waals surface area contributed by atoms with Crippen molar-refractivity contribution in [2.75, 3.05) is 5.43 Å². The van der Waals surface area contributed by atoms with Crippen molar-refractivity contribution in [1.82, 2.24) is 0 Å². The summed E-state index contributed by atoms with van der Waals surface area (Å²) in [6.07, 6.45) is 8.89. The first-order valence-corrected chi connectivity index (χ1v) is 6.07. The van der Waals surface area contributed by atoms with Crippen LogP contribution in [0, 0.1) is 0 Å². The summed E-state index contributed by atoms with van der Waals surface area (Å²) in [7, 11) is 0. The van der Waals surface area contributed by atoms with Crippen LogP contribution in [-0.4, -0.2) is 5.71 Å². The zero-order chi connectivity index (χ0) is 13.2. The maximum Gasteiger partial charge on any atom is 0.0645 e. The molecule has 0 aliphatic rings. The molecule has 0 saturated carbocycles. The number of hydrogen-bond donors (Lipinski definition) is 1. The van der Waals surface area contributed by atoms with Crippen molar-refractivity contribution in [3.63, 3.8) is 0 Å². The lowest BCUT2D eigenvalue weighted by molar-refractivity contribution is 1.31. The summed E-state index contributed by atoms with van der Waals surface area (Å²) < 4.78 is 0. The van der Waals surface area contributed by atoms with Gasteiger partial charge in [-0.1, -0.05) is 42.5 Å². The van der Waals surface area contributed by atoms with E-state index in [9.17, 15) is 0 Å². The van der Waals surface area contributed by atoms with E-state index in [1.165, 1.54) is 0 Å². The Balaban J connectivity index is 2.76. The third-order valence-corrected chi connectivity index (χ3v) is 2.39. The first kappa shape index (κ1) is 14.0. The van der Waals surface area contributed by atoms with Crippen LogP contribution in [0.25, 0.3) is 0 Å². The number of hydrogen-bond acceptors (Lipinski definition) is 2. The Labute approximate surface area is 109 Å². The van der Waals surface area contributed by atoms with Crippen LogP contribution in [0.4, 0.5) is 5.69 Å². The number of nitrogens with zero attached hydrogens (tertiary/aromatic N) is 1. The van der Waals surface area contributed by atoms with E-state index in [1.54, 1.807) is 0 Å². The third kappa shape index (κ3) is 4.83. The first-order chi connectivity index (χ1) is 8.77. The van der Waals surface area contributed by atoms with Gasteiger partial charge in [0.25, 0.3) is 0 Å². The largest absolute Gasteiger partial charge is 0.278 e. The average Bonchev–Trinajstić information content (AvgIpc) is 2.42. The number of rotatable bonds is 6. The molecule has 18 heavy (non-hydrogen) atoms. The molecule has 0 bridgehead atoms. The van der Waals surface area contributed by atoms with E-state index in [4.69, 9.17) is 0 Å². The summed E-state index contributed by atoms with van der Waals surface area (Å²) in [4.78, 5) is 0. The van der Waals surface area contributed by atoms with Crippen LogP contribution in [0.2, 0.25) is 0 Å². The van der Waals surface area contributed by atoms with Crippen LogP contribution < -0.4 is 5.43 Å². The quantitative estimate of drug-likeness (QED) is 0.335. The average molecular weight is 240 g/mol. The van der Waals surface area contributed by atoms with E-state index in [-0.39, 0.29) is 0 Å². The van der Waals surface area contributed by atoms with Crippen LogP contribution in [0.5, 0.6) is 0 Å². The Morgan fingerprint density at radius 3 is 2.67 bits per heavy atom. The van der Waals surface area contributed by atoms with Crippen LogP contribution >= 0.6 is 0 Å². The van der Waals surface area contributed by atoms with Gasteiger partial charge >= 0.3 is 0 Å². The van der Waals surface area contributed by atoms with E-state index in [0.29, 0.717) is 0 Å². The van der Waals surface area contributed by atoms with Gasteiger partial charge in [-0.2, -0.15) is 5.10 Å². The molecule has 0 aliphatic carbocycles. The van der Waals surface area contributed by atoms with Gasteiger partial charge in [-0.3, -0.25) is 5.43 Å². The summed E-state index contributed by atoms with van der Waals surface area (Å²) in [6.45, 7) is 7.71. The fraction of sp³-hybridized carbons (Fsp3) is 0.188. The summed E-state index contributed by atoms with van der Waals surface area (Å²) in [5, 5.41) is 4.38. The highest BCUT2D eigenvalue weighted by atomic mass is 15.3. The molecule has 0 aliphatic heterocycles. The number of anilines is 1. The monoisotopic (exact) mass is 240 g/mol. The van der Waals surface area contributed by atoms with Gasteiger partial charge in [0.15, 0.2) is 0 Å². The van der Waals surface area contributed by atoms with E-state index in [1.807, 2.05) is 56.3 Å². The zero-order valence-electron chi connectivity index (χ0n) is 11.1. The molecule has 0 unspecified atom stereocenters. The molecule has 1 N–H and O–H groups in total. The lowest BCUT2D eigenvalue weighted by Gasteiger charge is -2.04. The molecule has 2 heteroatoms. The van der Waals surface area contributed by atoms with Gasteiger partial charge in [-0.15, -0.1) is 6.58 Å². The highest BCUT2D eigenvalue weighted by molar-refractivity contribution is 6.01. The second-order valence-corrected chi connectivity index (χ2v) is 3.86. The fourth-order valence-corrected chi connectivity index (χ4v) is 1.45. The third-order valence-electron chi connectivity index (χ3n) is 2.39. The van der Waals surface area contributed by atoms with Crippen molar-refractivity contribution in [2.45, 2.75) is 20.3 Å². The minimum absolute atomic E-state index is 0.845. The predicted octanol–water partition coefficient (Wildman–Crippen LogP) is 4.55. The lowest BCUT2D eigenvalue weighted by atomic mass is 10.1. The fourth-order valence-electron chi connectivity index (χ4n) is 1.45. The van der Waals surface area contributed by atoms with Gasteiger partial charge in [-0.05, 0) is 38.0 Å². The van der Waals surface area contributed by atoms with Gasteiger partial charge in [0.1, 0.15) is 0 Å². The maximum atomic E-state index is 4.38. The van der Waals surface area contributed by atoms with Gasteiger partial charge in [-0.25, -0.2) is 0 Å². The molecule has 94 valence electrons. The molecular weight excluding hydrogens is 220 g/mol. The van der Waals surface area contributed by atoms with Crippen molar-refractivity contribution >= 4 is 11.4 Å². The summed E-state index contributed by atoms with van der Waals surface area (Å²) >= 11 is 0. The normalized spacial score (nSPS) is 12.8. The van der Waals surface area contributed by atoms with Crippen molar-refractivity contribution in [1.29, 1.82) is 0 Å². The van der Waals surface area contributed by atoms with E-state index < -0.39 is 0 Å². The molecule has 0 radical (unpaired) electrons. The minimum atomic E-state index is 0.845. The van der Waals surface area contributed by atoms with Crippen molar-refractivity contribution in [3.05, 3.63) is 66.8 Å². The lowest BCUT2D eigenvalue weighted by Crippen LogP contribution is -2.00. The van der Waals surface area contributed by atoms with Crippen LogP contribution in [0.15, 0.2) is 71.9 Å². The highest BCUT2D eigenvalue weighted by Gasteiger charge is 1.96. The topological polar surface area (TPSA) is 24.4 Å². The molecule has 0 amide bonds. The standard InChI is InChI=1S/C16H20N2/c1-4-6-11-15(10-5-2)14(3)17-18-16-12-8-7-9-13-16/h4-5,7-13,18H,1,6H2,2-3H3/b10-5-,15-11+,17-14+. The molecule has 1 aromatic rings. The number of benzene rings is 1. The number of allylic oxidation sites excluding steroid dienone is 5. The van der Waals surface area contributed by atoms with E-state index in [0.717, 1.165) is 23.4 Å². The number of hydrazone groups is 1. The second kappa shape index (κ2) is 8.07. The molecule has 0 saturated heterocycles. The predicted molar refractivity (Wildman–Crippen MR) is 80.9 cm³/mol. The summed E-state index contributed by atoms with van der Waals surface area (Å²) in [6, 6.07) is 9.91. The molecule has 0 atom stereocenters. The van der Waals surface area contributed by atoms with E-state index in [2.05, 4.69) is 29.3 Å². The molecule has 0 aromatic heterocycles. The number of nitrogens with one attached hydrogen (secondary N) is 1. The van der Waals surface area contributed by atoms with Crippen molar-refractivity contribution in [2.24, 2.45) is 5.10 Å².